The molecule has 2 saturated heterocycles. The number of nitrogens with one attached hydrogen (secondary N) is 1. The zero-order valence-electron chi connectivity index (χ0n) is 13.6. The van der Waals surface area contributed by atoms with E-state index in [0.29, 0.717) is 31.3 Å². The highest BCUT2D eigenvalue weighted by molar-refractivity contribution is 7.12. The van der Waals surface area contributed by atoms with Gasteiger partial charge in [-0.1, -0.05) is 13.8 Å². The average Bonchev–Trinajstić information content (AvgIpc) is 2.89. The van der Waals surface area contributed by atoms with Gasteiger partial charge >= 0.3 is 0 Å². The van der Waals surface area contributed by atoms with Crippen LogP contribution in [0.2, 0.25) is 0 Å². The van der Waals surface area contributed by atoms with E-state index in [9.17, 15) is 4.79 Å². The predicted octanol–water partition coefficient (Wildman–Crippen LogP) is 2.17. The molecule has 1 spiro atoms. The molecule has 3 rings (SSSR count). The van der Waals surface area contributed by atoms with Gasteiger partial charge < -0.3 is 15.0 Å². The molecule has 1 amide bonds. The fourth-order valence-electron chi connectivity index (χ4n) is 3.22. The maximum Gasteiger partial charge on any atom is 0.273 e. The van der Waals surface area contributed by atoms with E-state index in [1.807, 2.05) is 11.8 Å². The van der Waals surface area contributed by atoms with Crippen molar-refractivity contribution in [1.82, 2.24) is 15.2 Å². The maximum atomic E-state index is 12.9. The highest BCUT2D eigenvalue weighted by Gasteiger charge is 2.40. The van der Waals surface area contributed by atoms with Crippen LogP contribution in [-0.2, 0) is 4.74 Å². The Balaban J connectivity index is 1.77. The van der Waals surface area contributed by atoms with E-state index < -0.39 is 0 Å². The minimum atomic E-state index is -0.149. The molecule has 0 bridgehead atoms. The van der Waals surface area contributed by atoms with Crippen molar-refractivity contribution >= 4 is 17.2 Å². The molecule has 3 heterocycles. The first-order valence-corrected chi connectivity index (χ1v) is 8.94. The van der Waals surface area contributed by atoms with Crippen LogP contribution in [0.3, 0.4) is 0 Å². The SMILES string of the molecule is Cc1sc(C(C)C)nc1C(=O)N1CCOC2(CCNCC2)C1. The van der Waals surface area contributed by atoms with Gasteiger partial charge in [0.25, 0.3) is 5.91 Å². The van der Waals surface area contributed by atoms with Crippen molar-refractivity contribution in [2.45, 2.75) is 45.1 Å². The molecule has 22 heavy (non-hydrogen) atoms. The lowest BCUT2D eigenvalue weighted by atomic mass is 9.90. The number of rotatable bonds is 2. The number of thiazole rings is 1. The average molecular weight is 323 g/mol. The van der Waals surface area contributed by atoms with Crippen LogP contribution in [0.15, 0.2) is 0 Å². The molecule has 1 N–H and O–H groups in total. The Bertz CT molecular complexity index is 544. The molecule has 5 nitrogen and oxygen atoms in total. The van der Waals surface area contributed by atoms with Crippen LogP contribution < -0.4 is 5.32 Å². The number of hydrogen-bond donors (Lipinski definition) is 1. The van der Waals surface area contributed by atoms with Crippen LogP contribution in [0.5, 0.6) is 0 Å². The smallest absolute Gasteiger partial charge is 0.273 e. The van der Waals surface area contributed by atoms with Gasteiger partial charge in [-0.05, 0) is 32.9 Å². The van der Waals surface area contributed by atoms with Crippen molar-refractivity contribution in [1.29, 1.82) is 0 Å². The largest absolute Gasteiger partial charge is 0.371 e. The number of nitrogens with zero attached hydrogens (tertiary/aromatic N) is 2. The van der Waals surface area contributed by atoms with Crippen molar-refractivity contribution in [2.24, 2.45) is 0 Å². The van der Waals surface area contributed by atoms with Gasteiger partial charge in [0.05, 0.1) is 23.8 Å². The molecule has 1 aromatic rings. The molecule has 0 aromatic carbocycles. The second-order valence-corrected chi connectivity index (χ2v) is 7.85. The summed E-state index contributed by atoms with van der Waals surface area (Å²) in [6.07, 6.45) is 1.95. The van der Waals surface area contributed by atoms with E-state index in [2.05, 4.69) is 24.1 Å². The summed E-state index contributed by atoms with van der Waals surface area (Å²) in [5, 5.41) is 4.41. The summed E-state index contributed by atoms with van der Waals surface area (Å²) in [5.41, 5.74) is 0.490. The number of aromatic nitrogens is 1. The van der Waals surface area contributed by atoms with Gasteiger partial charge in [-0.15, -0.1) is 11.3 Å². The molecule has 6 heteroatoms. The van der Waals surface area contributed by atoms with Crippen LogP contribution in [-0.4, -0.2) is 54.2 Å². The van der Waals surface area contributed by atoms with Crippen LogP contribution in [0.25, 0.3) is 0 Å². The Morgan fingerprint density at radius 3 is 2.77 bits per heavy atom. The van der Waals surface area contributed by atoms with Crippen LogP contribution in [0.4, 0.5) is 0 Å². The van der Waals surface area contributed by atoms with Gasteiger partial charge in [0, 0.05) is 17.3 Å². The highest BCUT2D eigenvalue weighted by Crippen LogP contribution is 2.30. The van der Waals surface area contributed by atoms with Crippen LogP contribution in [0, 0.1) is 6.92 Å². The Hall–Kier alpha value is -0.980. The lowest BCUT2D eigenvalue weighted by Crippen LogP contribution is -2.57. The zero-order valence-corrected chi connectivity index (χ0v) is 14.5. The molecule has 1 aromatic heterocycles. The molecule has 2 fully saturated rings. The standard InChI is InChI=1S/C16H25N3O2S/c1-11(2)14-18-13(12(3)22-14)15(20)19-8-9-21-16(10-19)4-6-17-7-5-16/h11,17H,4-10H2,1-3H3. The Morgan fingerprint density at radius 2 is 2.14 bits per heavy atom. The van der Waals surface area contributed by atoms with Crippen molar-refractivity contribution in [2.75, 3.05) is 32.8 Å². The molecule has 0 atom stereocenters. The molecule has 2 aliphatic rings. The lowest BCUT2D eigenvalue weighted by molar-refractivity contribution is -0.114. The first kappa shape index (κ1) is 15.9. The normalized spacial score (nSPS) is 21.5. The Labute approximate surface area is 136 Å². The van der Waals surface area contributed by atoms with Crippen molar-refractivity contribution in [3.8, 4) is 0 Å². The molecule has 2 aliphatic heterocycles. The Kier molecular flexibility index (Phi) is 4.52. The van der Waals surface area contributed by atoms with Gasteiger partial charge in [-0.3, -0.25) is 4.79 Å². The summed E-state index contributed by atoms with van der Waals surface area (Å²) in [6.45, 7) is 10.2. The van der Waals surface area contributed by atoms with Gasteiger partial charge in [-0.25, -0.2) is 4.98 Å². The monoisotopic (exact) mass is 323 g/mol. The van der Waals surface area contributed by atoms with Gasteiger partial charge in [0.15, 0.2) is 0 Å². The number of carbonyl (C=O) groups is 1. The highest BCUT2D eigenvalue weighted by atomic mass is 32.1. The summed E-state index contributed by atoms with van der Waals surface area (Å²) >= 11 is 1.64. The molecule has 0 aliphatic carbocycles. The summed E-state index contributed by atoms with van der Waals surface area (Å²) in [7, 11) is 0. The van der Waals surface area contributed by atoms with E-state index in [1.54, 1.807) is 11.3 Å². The second kappa shape index (κ2) is 6.26. The topological polar surface area (TPSA) is 54.5 Å². The predicted molar refractivity (Wildman–Crippen MR) is 87.6 cm³/mol. The quantitative estimate of drug-likeness (QED) is 0.906. The minimum Gasteiger partial charge on any atom is -0.371 e. The summed E-state index contributed by atoms with van der Waals surface area (Å²) < 4.78 is 6.04. The van der Waals surface area contributed by atoms with Gasteiger partial charge in [0.1, 0.15) is 5.69 Å². The summed E-state index contributed by atoms with van der Waals surface area (Å²) in [6, 6.07) is 0. The number of amides is 1. The molecular weight excluding hydrogens is 298 g/mol. The number of morpholine rings is 1. The lowest BCUT2D eigenvalue weighted by Gasteiger charge is -2.45. The first-order valence-electron chi connectivity index (χ1n) is 8.12. The van der Waals surface area contributed by atoms with E-state index >= 15 is 0 Å². The van der Waals surface area contributed by atoms with Crippen LogP contribution in [0.1, 0.15) is 53.0 Å². The number of piperidine rings is 1. The third-order valence-corrected chi connectivity index (χ3v) is 5.83. The number of ether oxygens (including phenoxy) is 1. The minimum absolute atomic E-state index is 0.0712. The fourth-order valence-corrected chi connectivity index (χ4v) is 4.13. The Morgan fingerprint density at radius 1 is 1.41 bits per heavy atom. The maximum absolute atomic E-state index is 12.9. The first-order chi connectivity index (χ1) is 10.5. The fraction of sp³-hybridized carbons (Fsp3) is 0.750. The van der Waals surface area contributed by atoms with Crippen molar-refractivity contribution in [3.05, 3.63) is 15.6 Å². The number of aryl methyl sites for hydroxylation is 1. The molecule has 122 valence electrons. The number of hydrogen-bond acceptors (Lipinski definition) is 5. The third kappa shape index (κ3) is 3.05. The van der Waals surface area contributed by atoms with E-state index in [4.69, 9.17) is 4.74 Å². The van der Waals surface area contributed by atoms with Crippen LogP contribution >= 0.6 is 11.3 Å². The molecule has 0 saturated carbocycles. The summed E-state index contributed by atoms with van der Waals surface area (Å²) in [4.78, 5) is 20.4. The second-order valence-electron chi connectivity index (χ2n) is 6.62. The molecule has 0 radical (unpaired) electrons. The summed E-state index contributed by atoms with van der Waals surface area (Å²) in [5.74, 6) is 0.438. The molecule has 0 unspecified atom stereocenters. The molecular formula is C16H25N3O2S. The number of carbonyl (C=O) groups excluding carboxylic acids is 1. The van der Waals surface area contributed by atoms with Crippen molar-refractivity contribution in [3.63, 3.8) is 0 Å². The zero-order chi connectivity index (χ0) is 15.7. The van der Waals surface area contributed by atoms with Crippen molar-refractivity contribution < 1.29 is 9.53 Å². The van der Waals surface area contributed by atoms with E-state index in [-0.39, 0.29) is 11.5 Å². The van der Waals surface area contributed by atoms with Gasteiger partial charge in [0.2, 0.25) is 0 Å². The van der Waals surface area contributed by atoms with E-state index in [1.165, 1.54) is 0 Å². The third-order valence-electron chi connectivity index (χ3n) is 4.56. The van der Waals surface area contributed by atoms with E-state index in [0.717, 1.165) is 35.8 Å². The van der Waals surface area contributed by atoms with Gasteiger partial charge in [-0.2, -0.15) is 0 Å².